The van der Waals surface area contributed by atoms with Crippen molar-refractivity contribution < 1.29 is 4.39 Å². The first kappa shape index (κ1) is 14.6. The molecular formula is C14H16BrFN2S. The van der Waals surface area contributed by atoms with Crippen molar-refractivity contribution in [2.75, 3.05) is 6.54 Å². The first-order chi connectivity index (χ1) is 9.15. The van der Waals surface area contributed by atoms with Gasteiger partial charge in [0.1, 0.15) is 10.8 Å². The number of thiazole rings is 1. The Morgan fingerprint density at radius 2 is 2.16 bits per heavy atom. The van der Waals surface area contributed by atoms with Crippen LogP contribution in [0.25, 0.3) is 10.6 Å². The molecular weight excluding hydrogens is 327 g/mol. The van der Waals surface area contributed by atoms with Crippen molar-refractivity contribution in [2.45, 2.75) is 26.8 Å². The predicted molar refractivity (Wildman–Crippen MR) is 82.0 cm³/mol. The van der Waals surface area contributed by atoms with Crippen molar-refractivity contribution >= 4 is 27.3 Å². The van der Waals surface area contributed by atoms with Crippen molar-refractivity contribution in [1.82, 2.24) is 10.3 Å². The molecule has 2 aromatic rings. The van der Waals surface area contributed by atoms with Gasteiger partial charge in [-0.05, 0) is 31.2 Å². The van der Waals surface area contributed by atoms with Crippen LogP contribution in [-0.4, -0.2) is 11.5 Å². The van der Waals surface area contributed by atoms with E-state index in [1.54, 1.807) is 17.4 Å². The van der Waals surface area contributed by atoms with E-state index >= 15 is 0 Å². The highest BCUT2D eigenvalue weighted by Gasteiger charge is 2.13. The summed E-state index contributed by atoms with van der Waals surface area (Å²) in [6, 6.07) is 4.70. The third-order valence-corrected chi connectivity index (χ3v) is 4.63. The Bertz CT molecular complexity index is 569. The molecule has 0 saturated heterocycles. The zero-order chi connectivity index (χ0) is 13.8. The lowest BCUT2D eigenvalue weighted by atomic mass is 10.2. The van der Waals surface area contributed by atoms with Gasteiger partial charge in [-0.3, -0.25) is 0 Å². The molecule has 0 atom stereocenters. The normalized spacial score (nSPS) is 10.9. The smallest absolute Gasteiger partial charge is 0.125 e. The molecule has 0 aliphatic carbocycles. The molecule has 0 fully saturated rings. The van der Waals surface area contributed by atoms with Gasteiger partial charge < -0.3 is 5.32 Å². The number of aromatic nitrogens is 1. The van der Waals surface area contributed by atoms with Gasteiger partial charge in [0.15, 0.2) is 0 Å². The van der Waals surface area contributed by atoms with Crippen LogP contribution in [-0.2, 0) is 13.0 Å². The van der Waals surface area contributed by atoms with Crippen LogP contribution in [0, 0.1) is 5.82 Å². The Hall–Kier alpha value is -0.780. The summed E-state index contributed by atoms with van der Waals surface area (Å²) in [5.41, 5.74) is 1.92. The van der Waals surface area contributed by atoms with Gasteiger partial charge in [0, 0.05) is 21.5 Å². The summed E-state index contributed by atoms with van der Waals surface area (Å²) in [7, 11) is 0. The molecule has 1 heterocycles. The van der Waals surface area contributed by atoms with Crippen molar-refractivity contribution in [3.63, 3.8) is 0 Å². The molecule has 19 heavy (non-hydrogen) atoms. The Morgan fingerprint density at radius 1 is 1.37 bits per heavy atom. The minimum absolute atomic E-state index is 0.236. The first-order valence-electron chi connectivity index (χ1n) is 6.30. The van der Waals surface area contributed by atoms with Gasteiger partial charge in [-0.2, -0.15) is 0 Å². The summed E-state index contributed by atoms with van der Waals surface area (Å²) < 4.78 is 14.2. The quantitative estimate of drug-likeness (QED) is 0.871. The minimum Gasteiger partial charge on any atom is -0.312 e. The average molecular weight is 343 g/mol. The lowest BCUT2D eigenvalue weighted by Crippen LogP contribution is -2.11. The largest absolute Gasteiger partial charge is 0.312 e. The highest BCUT2D eigenvalue weighted by molar-refractivity contribution is 9.10. The third kappa shape index (κ3) is 3.41. The molecule has 2 nitrogen and oxygen atoms in total. The second-order valence-corrected chi connectivity index (χ2v) is 6.08. The van der Waals surface area contributed by atoms with Crippen LogP contribution in [0.1, 0.15) is 24.4 Å². The number of halogens is 2. The van der Waals surface area contributed by atoms with Gasteiger partial charge in [0.2, 0.25) is 0 Å². The van der Waals surface area contributed by atoms with E-state index in [1.807, 2.05) is 0 Å². The first-order valence-corrected chi connectivity index (χ1v) is 7.91. The monoisotopic (exact) mass is 342 g/mol. The molecule has 0 amide bonds. The molecule has 1 N–H and O–H groups in total. The maximum absolute atomic E-state index is 13.4. The fourth-order valence-electron chi connectivity index (χ4n) is 1.81. The zero-order valence-electron chi connectivity index (χ0n) is 11.0. The minimum atomic E-state index is -0.236. The molecule has 0 unspecified atom stereocenters. The molecule has 102 valence electrons. The van der Waals surface area contributed by atoms with E-state index < -0.39 is 0 Å². The molecule has 0 aliphatic rings. The number of aryl methyl sites for hydroxylation is 1. The van der Waals surface area contributed by atoms with E-state index in [-0.39, 0.29) is 5.82 Å². The van der Waals surface area contributed by atoms with E-state index in [0.29, 0.717) is 0 Å². The molecule has 1 aromatic heterocycles. The number of benzene rings is 1. The van der Waals surface area contributed by atoms with Gasteiger partial charge in [0.25, 0.3) is 0 Å². The molecule has 0 saturated carbocycles. The van der Waals surface area contributed by atoms with Crippen LogP contribution < -0.4 is 5.32 Å². The van der Waals surface area contributed by atoms with Crippen LogP contribution in [0.5, 0.6) is 0 Å². The van der Waals surface area contributed by atoms with Crippen LogP contribution >= 0.6 is 27.3 Å². The maximum atomic E-state index is 13.4. The topological polar surface area (TPSA) is 24.9 Å². The Labute approximate surface area is 125 Å². The fraction of sp³-hybridized carbons (Fsp3) is 0.357. The predicted octanol–water partition coefficient (Wildman–Crippen LogP) is 4.38. The number of nitrogens with one attached hydrogen (secondary N) is 1. The molecule has 0 aliphatic heterocycles. The average Bonchev–Trinajstić information content (AvgIpc) is 2.82. The SMILES string of the molecule is CCNCc1sc(-c2cc(F)ccc2Br)nc1CC. The second-order valence-electron chi connectivity index (χ2n) is 4.15. The zero-order valence-corrected chi connectivity index (χ0v) is 13.4. The summed E-state index contributed by atoms with van der Waals surface area (Å²) in [6.07, 6.45) is 0.893. The van der Waals surface area contributed by atoms with Crippen molar-refractivity contribution in [2.24, 2.45) is 0 Å². The molecule has 0 bridgehead atoms. The Kier molecular flexibility index (Phi) is 5.07. The number of rotatable bonds is 5. The van der Waals surface area contributed by atoms with Crippen LogP contribution in [0.4, 0.5) is 4.39 Å². The van der Waals surface area contributed by atoms with Crippen LogP contribution in [0.15, 0.2) is 22.7 Å². The maximum Gasteiger partial charge on any atom is 0.125 e. The lowest BCUT2D eigenvalue weighted by Gasteiger charge is -2.00. The Balaban J connectivity index is 2.39. The van der Waals surface area contributed by atoms with E-state index in [9.17, 15) is 4.39 Å². The van der Waals surface area contributed by atoms with Gasteiger partial charge in [0.05, 0.1) is 5.69 Å². The number of hydrogen-bond donors (Lipinski definition) is 1. The van der Waals surface area contributed by atoms with Crippen LogP contribution in [0.3, 0.4) is 0 Å². The number of hydrogen-bond acceptors (Lipinski definition) is 3. The van der Waals surface area contributed by atoms with E-state index in [4.69, 9.17) is 0 Å². The van der Waals surface area contributed by atoms with Gasteiger partial charge >= 0.3 is 0 Å². The van der Waals surface area contributed by atoms with E-state index in [2.05, 4.69) is 40.1 Å². The molecule has 5 heteroatoms. The van der Waals surface area contributed by atoms with Gasteiger partial charge in [-0.25, -0.2) is 9.37 Å². The summed E-state index contributed by atoms with van der Waals surface area (Å²) in [5.74, 6) is -0.236. The highest BCUT2D eigenvalue weighted by atomic mass is 79.9. The summed E-state index contributed by atoms with van der Waals surface area (Å²) in [5, 5.41) is 4.19. The van der Waals surface area contributed by atoms with Crippen molar-refractivity contribution in [3.8, 4) is 10.6 Å². The van der Waals surface area contributed by atoms with E-state index in [0.717, 1.165) is 40.2 Å². The lowest BCUT2D eigenvalue weighted by molar-refractivity contribution is 0.628. The summed E-state index contributed by atoms with van der Waals surface area (Å²) >= 11 is 5.09. The summed E-state index contributed by atoms with van der Waals surface area (Å²) in [6.45, 7) is 5.93. The molecule has 0 radical (unpaired) electrons. The third-order valence-electron chi connectivity index (χ3n) is 2.81. The standard InChI is InChI=1S/C14H16BrFN2S/c1-3-12-13(8-17-4-2)19-14(18-12)10-7-9(16)5-6-11(10)15/h5-7,17H,3-4,8H2,1-2H3. The Morgan fingerprint density at radius 3 is 2.84 bits per heavy atom. The molecule has 2 rings (SSSR count). The van der Waals surface area contributed by atoms with Crippen molar-refractivity contribution in [3.05, 3.63) is 39.1 Å². The highest BCUT2D eigenvalue weighted by Crippen LogP contribution is 2.34. The van der Waals surface area contributed by atoms with E-state index in [1.165, 1.54) is 17.0 Å². The second kappa shape index (κ2) is 6.59. The van der Waals surface area contributed by atoms with Gasteiger partial charge in [-0.15, -0.1) is 11.3 Å². The fourth-order valence-corrected chi connectivity index (χ4v) is 3.53. The summed E-state index contributed by atoms with van der Waals surface area (Å²) in [4.78, 5) is 5.87. The van der Waals surface area contributed by atoms with Crippen LogP contribution in [0.2, 0.25) is 0 Å². The number of nitrogens with zero attached hydrogens (tertiary/aromatic N) is 1. The molecule has 1 aromatic carbocycles. The van der Waals surface area contributed by atoms with Gasteiger partial charge in [-0.1, -0.05) is 29.8 Å². The molecule has 0 spiro atoms. The van der Waals surface area contributed by atoms with Crippen molar-refractivity contribution in [1.29, 1.82) is 0 Å².